The number of rotatable bonds is 12. The van der Waals surface area contributed by atoms with Crippen molar-refractivity contribution < 1.29 is 40.2 Å². The van der Waals surface area contributed by atoms with Gasteiger partial charge in [-0.25, -0.2) is 35.6 Å². The van der Waals surface area contributed by atoms with Gasteiger partial charge < -0.3 is 10.6 Å². The van der Waals surface area contributed by atoms with Gasteiger partial charge in [0.2, 0.25) is 28.0 Å². The topological polar surface area (TPSA) is 147 Å². The second-order valence-electron chi connectivity index (χ2n) is 8.51. The summed E-state index contributed by atoms with van der Waals surface area (Å²) in [5.74, 6) is -2.37. The fraction of sp³-hybridized carbons (Fsp3) is 0.571. The third-order valence-corrected chi connectivity index (χ3v) is 8.57. The first-order chi connectivity index (χ1) is 18.0. The van der Waals surface area contributed by atoms with Crippen LogP contribution in [-0.4, -0.2) is 78.1 Å². The minimum Gasteiger partial charge on any atom is -0.338 e. The van der Waals surface area contributed by atoms with Gasteiger partial charge in [-0.05, 0) is 41.2 Å². The van der Waals surface area contributed by atoms with Crippen molar-refractivity contribution in [2.24, 2.45) is 5.92 Å². The fourth-order valence-electron chi connectivity index (χ4n) is 3.91. The number of pyridine rings is 1. The number of sulfonamides is 1. The third-order valence-electron chi connectivity index (χ3n) is 5.80. The lowest BCUT2D eigenvalue weighted by Gasteiger charge is -2.29. The second kappa shape index (κ2) is 13.3. The molecule has 1 aliphatic carbocycles. The van der Waals surface area contributed by atoms with Gasteiger partial charge in [0, 0.05) is 13.2 Å². The van der Waals surface area contributed by atoms with E-state index in [2.05, 4.69) is 30.6 Å². The smallest absolute Gasteiger partial charge is 0.277 e. The number of anilines is 1. The lowest BCUT2D eigenvalue weighted by molar-refractivity contribution is -0.119. The van der Waals surface area contributed by atoms with Gasteiger partial charge in [-0.3, -0.25) is 9.59 Å². The molecule has 1 saturated carbocycles. The van der Waals surface area contributed by atoms with E-state index >= 15 is 0 Å². The van der Waals surface area contributed by atoms with Crippen LogP contribution in [0.3, 0.4) is 0 Å². The molecule has 11 nitrogen and oxygen atoms in total. The predicted molar refractivity (Wildman–Crippen MR) is 128 cm³/mol. The van der Waals surface area contributed by atoms with Crippen molar-refractivity contribution in [3.8, 4) is 0 Å². The molecule has 0 radical (unpaired) electrons. The molecule has 1 aliphatic rings. The zero-order chi connectivity index (χ0) is 27.9. The molecule has 0 spiro atoms. The molecule has 210 valence electrons. The lowest BCUT2D eigenvalue weighted by Crippen LogP contribution is -2.49. The Hall–Kier alpha value is -2.79. The Morgan fingerprint density at radius 1 is 1.13 bits per heavy atom. The lowest BCUT2D eigenvalue weighted by atomic mass is 9.83. The second-order valence-corrected chi connectivity index (χ2v) is 11.6. The Morgan fingerprint density at radius 3 is 2.45 bits per heavy atom. The summed E-state index contributed by atoms with van der Waals surface area (Å²) in [5, 5.41) is 11.9. The number of nitrogens with one attached hydrogen (secondary N) is 2. The number of thioether (sulfide) groups is 1. The Bertz CT molecular complexity index is 1190. The van der Waals surface area contributed by atoms with E-state index in [0.717, 1.165) is 38.6 Å². The first-order valence-corrected chi connectivity index (χ1v) is 14.0. The number of carbonyl (C=O) groups is 2. The Morgan fingerprint density at radius 2 is 1.84 bits per heavy atom. The SMILES string of the molecule is CN(CC(F)F)S(=O)(=O)c1ccc(NC(=O)[C@@H](NC(=O)c2nonc2SCC(F)F)C2CCCCC2)nc1. The summed E-state index contributed by atoms with van der Waals surface area (Å²) < 4.78 is 80.2. The highest BCUT2D eigenvalue weighted by molar-refractivity contribution is 7.99. The van der Waals surface area contributed by atoms with E-state index < -0.39 is 53.0 Å². The number of hydrogen-bond donors (Lipinski definition) is 2. The first-order valence-electron chi connectivity index (χ1n) is 11.5. The Kier molecular flexibility index (Phi) is 10.4. The van der Waals surface area contributed by atoms with Gasteiger partial charge in [-0.1, -0.05) is 31.0 Å². The van der Waals surface area contributed by atoms with Crippen molar-refractivity contribution in [1.82, 2.24) is 24.9 Å². The molecular formula is C21H26F4N6O5S2. The molecule has 38 heavy (non-hydrogen) atoms. The number of alkyl halides is 4. The highest BCUT2D eigenvalue weighted by Gasteiger charge is 2.33. The number of amides is 2. The molecule has 1 atom stereocenters. The van der Waals surface area contributed by atoms with Gasteiger partial charge in [0.1, 0.15) is 16.8 Å². The third kappa shape index (κ3) is 7.86. The average Bonchev–Trinajstić information content (AvgIpc) is 3.35. The van der Waals surface area contributed by atoms with E-state index in [1.54, 1.807) is 0 Å². The van der Waals surface area contributed by atoms with E-state index in [1.807, 2.05) is 0 Å². The molecule has 3 rings (SSSR count). The van der Waals surface area contributed by atoms with Gasteiger partial charge in [-0.15, -0.1) is 0 Å². The molecule has 0 saturated heterocycles. The normalized spacial score (nSPS) is 15.7. The van der Waals surface area contributed by atoms with Crippen LogP contribution in [0.2, 0.25) is 0 Å². The van der Waals surface area contributed by atoms with Crippen molar-refractivity contribution in [2.45, 2.75) is 60.9 Å². The van der Waals surface area contributed by atoms with Crippen molar-refractivity contribution in [3.63, 3.8) is 0 Å². The molecule has 2 aromatic heterocycles. The summed E-state index contributed by atoms with van der Waals surface area (Å²) in [5.41, 5.74) is -0.329. The Labute approximate surface area is 220 Å². The molecule has 1 fully saturated rings. The highest BCUT2D eigenvalue weighted by Crippen LogP contribution is 2.28. The number of carbonyl (C=O) groups excluding carboxylic acids is 2. The molecule has 0 unspecified atom stereocenters. The van der Waals surface area contributed by atoms with Crippen LogP contribution in [0.1, 0.15) is 42.6 Å². The predicted octanol–water partition coefficient (Wildman–Crippen LogP) is 3.02. The van der Waals surface area contributed by atoms with E-state index in [4.69, 9.17) is 0 Å². The standard InChI is InChI=1S/C21H26F4N6O5S2/c1-31(10-14(22)23)38(34,35)13-7-8-16(26-9-13)27-19(32)17(12-5-3-2-4-6-12)28-20(33)18-21(30-36-29-18)37-11-15(24)25/h7-9,12,14-15,17H,2-6,10-11H2,1H3,(H,28,33)(H,26,27,32)/t17-/m0/s1. The summed E-state index contributed by atoms with van der Waals surface area (Å²) in [7, 11) is -3.21. The minimum atomic E-state index is -4.22. The van der Waals surface area contributed by atoms with Gasteiger partial charge in [0.15, 0.2) is 5.03 Å². The number of hydrogen-bond acceptors (Lipinski definition) is 9. The van der Waals surface area contributed by atoms with Gasteiger partial charge in [-0.2, -0.15) is 4.31 Å². The monoisotopic (exact) mass is 582 g/mol. The highest BCUT2D eigenvalue weighted by atomic mass is 32.2. The molecule has 17 heteroatoms. The van der Waals surface area contributed by atoms with Crippen LogP contribution >= 0.6 is 11.8 Å². The average molecular weight is 583 g/mol. The van der Waals surface area contributed by atoms with Gasteiger partial charge in [0.05, 0.1) is 12.3 Å². The fourth-order valence-corrected chi connectivity index (χ4v) is 5.64. The van der Waals surface area contributed by atoms with Crippen LogP contribution in [0.15, 0.2) is 32.9 Å². The number of halogens is 4. The van der Waals surface area contributed by atoms with E-state index in [0.29, 0.717) is 28.9 Å². The van der Waals surface area contributed by atoms with Crippen LogP contribution in [0.5, 0.6) is 0 Å². The molecule has 2 N–H and O–H groups in total. The molecule has 0 aromatic carbocycles. The van der Waals surface area contributed by atoms with Crippen molar-refractivity contribution in [2.75, 3.05) is 24.7 Å². The van der Waals surface area contributed by atoms with Gasteiger partial charge >= 0.3 is 0 Å². The van der Waals surface area contributed by atoms with E-state index in [1.165, 1.54) is 6.07 Å². The van der Waals surface area contributed by atoms with Crippen molar-refractivity contribution in [3.05, 3.63) is 24.0 Å². The zero-order valence-electron chi connectivity index (χ0n) is 20.1. The van der Waals surface area contributed by atoms with Crippen LogP contribution in [0.25, 0.3) is 0 Å². The zero-order valence-corrected chi connectivity index (χ0v) is 21.8. The maximum absolute atomic E-state index is 13.2. The van der Waals surface area contributed by atoms with Crippen LogP contribution in [0, 0.1) is 5.92 Å². The summed E-state index contributed by atoms with van der Waals surface area (Å²) in [6, 6.07) is 1.26. The number of nitrogens with zero attached hydrogens (tertiary/aromatic N) is 4. The molecule has 2 aromatic rings. The Balaban J connectivity index is 1.74. The minimum absolute atomic E-state index is 0.0307. The largest absolute Gasteiger partial charge is 0.338 e. The van der Waals surface area contributed by atoms with Crippen LogP contribution in [0.4, 0.5) is 23.4 Å². The quantitative estimate of drug-likeness (QED) is 0.285. The van der Waals surface area contributed by atoms with E-state index in [9.17, 15) is 35.6 Å². The maximum atomic E-state index is 13.2. The van der Waals surface area contributed by atoms with Crippen LogP contribution in [-0.2, 0) is 14.8 Å². The first kappa shape index (κ1) is 29.8. The van der Waals surface area contributed by atoms with Crippen molar-refractivity contribution >= 4 is 39.4 Å². The summed E-state index contributed by atoms with van der Waals surface area (Å²) >= 11 is 0.589. The van der Waals surface area contributed by atoms with Crippen molar-refractivity contribution in [1.29, 1.82) is 0 Å². The van der Waals surface area contributed by atoms with Crippen LogP contribution < -0.4 is 10.6 Å². The summed E-state index contributed by atoms with van der Waals surface area (Å²) in [4.78, 5) is 29.6. The summed E-state index contributed by atoms with van der Waals surface area (Å²) in [6.45, 7) is -0.993. The molecular weight excluding hydrogens is 556 g/mol. The maximum Gasteiger partial charge on any atom is 0.277 e. The molecule has 2 heterocycles. The van der Waals surface area contributed by atoms with E-state index in [-0.39, 0.29) is 27.4 Å². The summed E-state index contributed by atoms with van der Waals surface area (Å²) in [6.07, 6.45) is -0.656. The number of aromatic nitrogens is 3. The van der Waals surface area contributed by atoms with Gasteiger partial charge in [0.25, 0.3) is 12.3 Å². The molecule has 2 amide bonds. The molecule has 0 bridgehead atoms. The molecule has 0 aliphatic heterocycles.